The van der Waals surface area contributed by atoms with Gasteiger partial charge in [-0.25, -0.2) is 0 Å². The Hall–Kier alpha value is -1.14. The number of carbonyl (C=O) groups is 2. The summed E-state index contributed by atoms with van der Waals surface area (Å²) in [4.78, 5) is 29.2. The zero-order valence-electron chi connectivity index (χ0n) is 13.4. The van der Waals surface area contributed by atoms with Gasteiger partial charge in [0.1, 0.15) is 12.1 Å². The Balaban J connectivity index is 1.49. The van der Waals surface area contributed by atoms with E-state index in [9.17, 15) is 9.59 Å². The van der Waals surface area contributed by atoms with Crippen molar-refractivity contribution in [3.63, 3.8) is 0 Å². The van der Waals surface area contributed by atoms with Gasteiger partial charge in [0.15, 0.2) is 0 Å². The van der Waals surface area contributed by atoms with Crippen LogP contribution in [0.4, 0.5) is 0 Å². The smallest absolute Gasteiger partial charge is 0.244 e. The van der Waals surface area contributed by atoms with Gasteiger partial charge in [-0.1, -0.05) is 12.8 Å². The van der Waals surface area contributed by atoms with E-state index in [1.54, 1.807) is 0 Å². The van der Waals surface area contributed by atoms with Crippen LogP contribution in [0.5, 0.6) is 0 Å². The number of piperazine rings is 1. The summed E-state index contributed by atoms with van der Waals surface area (Å²) in [6.07, 6.45) is 7.33. The van der Waals surface area contributed by atoms with Gasteiger partial charge in [0.05, 0.1) is 0 Å². The molecule has 0 unspecified atom stereocenters. The standard InChI is InChI=1S/C16H28N4O2/c21-15-13(11-19-7-3-1-4-8-19)17-16(22)14(18-15)12-20-9-5-2-6-10-20/h13-14H,1-12H2,(H,17,22)(H,18,21)/t13-,14-/m1/s1. The molecule has 3 fully saturated rings. The Morgan fingerprint density at radius 1 is 0.682 bits per heavy atom. The molecule has 0 aliphatic carbocycles. The summed E-state index contributed by atoms with van der Waals surface area (Å²) in [5.74, 6) is -0.0423. The molecular weight excluding hydrogens is 280 g/mol. The number of rotatable bonds is 4. The molecule has 2 atom stereocenters. The number of hydrogen-bond donors (Lipinski definition) is 2. The minimum absolute atomic E-state index is 0.0211. The molecule has 0 spiro atoms. The second kappa shape index (κ2) is 7.42. The molecule has 124 valence electrons. The van der Waals surface area contributed by atoms with E-state index < -0.39 is 0 Å². The minimum atomic E-state index is -0.386. The van der Waals surface area contributed by atoms with Crippen LogP contribution in [0.2, 0.25) is 0 Å². The fourth-order valence-electron chi connectivity index (χ4n) is 3.73. The first-order valence-corrected chi connectivity index (χ1v) is 8.78. The topological polar surface area (TPSA) is 64.7 Å². The fourth-order valence-corrected chi connectivity index (χ4v) is 3.73. The summed E-state index contributed by atoms with van der Waals surface area (Å²) in [6, 6.07) is -0.772. The molecule has 3 saturated heterocycles. The predicted molar refractivity (Wildman–Crippen MR) is 84.4 cm³/mol. The Labute approximate surface area is 132 Å². The van der Waals surface area contributed by atoms with E-state index in [2.05, 4.69) is 20.4 Å². The molecule has 6 heteroatoms. The van der Waals surface area contributed by atoms with Crippen molar-refractivity contribution in [3.8, 4) is 0 Å². The Morgan fingerprint density at radius 3 is 1.41 bits per heavy atom. The molecule has 0 bridgehead atoms. The van der Waals surface area contributed by atoms with E-state index in [-0.39, 0.29) is 23.9 Å². The fraction of sp³-hybridized carbons (Fsp3) is 0.875. The highest BCUT2D eigenvalue weighted by Crippen LogP contribution is 2.12. The molecule has 0 saturated carbocycles. The molecule has 0 aromatic carbocycles. The number of nitrogens with one attached hydrogen (secondary N) is 2. The second-order valence-corrected chi connectivity index (χ2v) is 6.84. The molecule has 0 aromatic rings. The van der Waals surface area contributed by atoms with Crippen LogP contribution >= 0.6 is 0 Å². The van der Waals surface area contributed by atoms with Crippen LogP contribution in [0.3, 0.4) is 0 Å². The van der Waals surface area contributed by atoms with Crippen LogP contribution in [0.25, 0.3) is 0 Å². The predicted octanol–water partition coefficient (Wildman–Crippen LogP) is -0.0586. The molecule has 3 heterocycles. The number of hydrogen-bond acceptors (Lipinski definition) is 4. The number of nitrogens with zero attached hydrogens (tertiary/aromatic N) is 2. The molecule has 0 radical (unpaired) electrons. The molecular formula is C16H28N4O2. The Bertz CT molecular complexity index is 365. The lowest BCUT2D eigenvalue weighted by Gasteiger charge is -2.36. The van der Waals surface area contributed by atoms with Crippen molar-refractivity contribution in [1.29, 1.82) is 0 Å². The molecule has 0 aromatic heterocycles. The molecule has 3 aliphatic rings. The highest BCUT2D eigenvalue weighted by molar-refractivity contribution is 5.97. The quantitative estimate of drug-likeness (QED) is 0.764. The Morgan fingerprint density at radius 2 is 1.05 bits per heavy atom. The van der Waals surface area contributed by atoms with Crippen LogP contribution in [-0.2, 0) is 9.59 Å². The van der Waals surface area contributed by atoms with Crippen molar-refractivity contribution in [2.45, 2.75) is 50.6 Å². The SMILES string of the molecule is O=C1N[C@H](CN2CCCCC2)C(=O)N[C@@H]1CN1CCCCC1. The minimum Gasteiger partial charge on any atom is -0.341 e. The maximum absolute atomic E-state index is 12.3. The third-order valence-electron chi connectivity index (χ3n) is 5.04. The third-order valence-corrected chi connectivity index (χ3v) is 5.04. The van der Waals surface area contributed by atoms with Crippen molar-refractivity contribution >= 4 is 11.8 Å². The number of carbonyl (C=O) groups excluding carboxylic acids is 2. The van der Waals surface area contributed by atoms with Crippen molar-refractivity contribution in [2.24, 2.45) is 0 Å². The summed E-state index contributed by atoms with van der Waals surface area (Å²) >= 11 is 0. The maximum Gasteiger partial charge on any atom is 0.244 e. The van der Waals surface area contributed by atoms with Gasteiger partial charge in [-0.2, -0.15) is 0 Å². The van der Waals surface area contributed by atoms with E-state index in [1.807, 2.05) is 0 Å². The van der Waals surface area contributed by atoms with Crippen LogP contribution < -0.4 is 10.6 Å². The summed E-state index contributed by atoms with van der Waals surface area (Å²) in [7, 11) is 0. The second-order valence-electron chi connectivity index (χ2n) is 6.84. The van der Waals surface area contributed by atoms with E-state index >= 15 is 0 Å². The molecule has 22 heavy (non-hydrogen) atoms. The maximum atomic E-state index is 12.3. The van der Waals surface area contributed by atoms with Gasteiger partial charge in [-0.15, -0.1) is 0 Å². The van der Waals surface area contributed by atoms with E-state index in [4.69, 9.17) is 0 Å². The van der Waals surface area contributed by atoms with Crippen molar-refractivity contribution < 1.29 is 9.59 Å². The molecule has 6 nitrogen and oxygen atoms in total. The largest absolute Gasteiger partial charge is 0.341 e. The van der Waals surface area contributed by atoms with E-state index in [0.717, 1.165) is 26.2 Å². The van der Waals surface area contributed by atoms with Gasteiger partial charge in [-0.05, 0) is 51.9 Å². The van der Waals surface area contributed by atoms with Gasteiger partial charge in [-0.3, -0.25) is 9.59 Å². The first-order valence-electron chi connectivity index (χ1n) is 8.78. The molecule has 3 rings (SSSR count). The van der Waals surface area contributed by atoms with Crippen molar-refractivity contribution in [1.82, 2.24) is 20.4 Å². The molecule has 2 N–H and O–H groups in total. The van der Waals surface area contributed by atoms with E-state index in [0.29, 0.717) is 13.1 Å². The zero-order chi connectivity index (χ0) is 15.4. The van der Waals surface area contributed by atoms with Gasteiger partial charge in [0, 0.05) is 13.1 Å². The van der Waals surface area contributed by atoms with Crippen LogP contribution in [-0.4, -0.2) is 73.0 Å². The average molecular weight is 308 g/mol. The monoisotopic (exact) mass is 308 g/mol. The van der Waals surface area contributed by atoms with Gasteiger partial charge in [0.25, 0.3) is 0 Å². The summed E-state index contributed by atoms with van der Waals surface area (Å²) in [5.41, 5.74) is 0. The highest BCUT2D eigenvalue weighted by Gasteiger charge is 2.35. The zero-order valence-corrected chi connectivity index (χ0v) is 13.4. The summed E-state index contributed by atoms with van der Waals surface area (Å²) < 4.78 is 0. The summed E-state index contributed by atoms with van der Waals surface area (Å²) in [6.45, 7) is 5.45. The van der Waals surface area contributed by atoms with Gasteiger partial charge < -0.3 is 20.4 Å². The highest BCUT2D eigenvalue weighted by atomic mass is 16.2. The Kier molecular flexibility index (Phi) is 5.31. The van der Waals surface area contributed by atoms with Gasteiger partial charge in [0.2, 0.25) is 11.8 Å². The number of piperidine rings is 2. The molecule has 2 amide bonds. The third kappa shape index (κ3) is 3.98. The van der Waals surface area contributed by atoms with Crippen LogP contribution in [0, 0.1) is 0 Å². The van der Waals surface area contributed by atoms with E-state index in [1.165, 1.54) is 38.5 Å². The van der Waals surface area contributed by atoms with Crippen LogP contribution in [0.1, 0.15) is 38.5 Å². The first-order chi connectivity index (χ1) is 10.7. The number of likely N-dealkylation sites (tertiary alicyclic amines) is 2. The van der Waals surface area contributed by atoms with Crippen molar-refractivity contribution in [2.75, 3.05) is 39.3 Å². The average Bonchev–Trinajstić information content (AvgIpc) is 2.54. The lowest BCUT2D eigenvalue weighted by molar-refractivity contribution is -0.137. The van der Waals surface area contributed by atoms with Crippen LogP contribution in [0.15, 0.2) is 0 Å². The van der Waals surface area contributed by atoms with Crippen molar-refractivity contribution in [3.05, 3.63) is 0 Å². The van der Waals surface area contributed by atoms with Gasteiger partial charge >= 0.3 is 0 Å². The first kappa shape index (κ1) is 15.7. The lowest BCUT2D eigenvalue weighted by Crippen LogP contribution is -2.66. The normalized spacial score (nSPS) is 31.6. The molecule has 3 aliphatic heterocycles. The summed E-state index contributed by atoms with van der Waals surface area (Å²) in [5, 5.41) is 5.87. The lowest BCUT2D eigenvalue weighted by atomic mass is 10.1. The number of amides is 2.